The molecule has 0 fully saturated rings. The lowest BCUT2D eigenvalue weighted by molar-refractivity contribution is -0.384. The molecule has 0 saturated carbocycles. The Balaban J connectivity index is 1.40. The van der Waals surface area contributed by atoms with Gasteiger partial charge in [-0.3, -0.25) is 15.1 Å². The molecule has 0 aromatic heterocycles. The third kappa shape index (κ3) is 4.81. The van der Waals surface area contributed by atoms with Crippen LogP contribution < -0.4 is 11.1 Å². The molecule has 3 rings (SSSR count). The van der Waals surface area contributed by atoms with Crippen LogP contribution in [0.5, 0.6) is 0 Å². The fourth-order valence-electron chi connectivity index (χ4n) is 3.26. The molecule has 0 unspecified atom stereocenters. The minimum atomic E-state index is -0.380. The Morgan fingerprint density at radius 3 is 2.65 bits per heavy atom. The van der Waals surface area contributed by atoms with Crippen LogP contribution in [0.4, 0.5) is 11.4 Å². The quantitative estimate of drug-likeness (QED) is 0.260. The van der Waals surface area contributed by atoms with E-state index in [0.717, 1.165) is 36.9 Å². The van der Waals surface area contributed by atoms with Gasteiger partial charge in [-0.15, -0.1) is 0 Å². The van der Waals surface area contributed by atoms with E-state index in [2.05, 4.69) is 28.5 Å². The van der Waals surface area contributed by atoms with Crippen molar-refractivity contribution in [1.82, 2.24) is 0 Å². The Kier molecular flexibility index (Phi) is 5.84. The van der Waals surface area contributed by atoms with Crippen LogP contribution in [0.3, 0.4) is 0 Å². The monoisotopic (exact) mass is 352 g/mol. The summed E-state index contributed by atoms with van der Waals surface area (Å²) in [4.78, 5) is 14.6. The van der Waals surface area contributed by atoms with Crippen molar-refractivity contribution >= 4 is 17.3 Å². The van der Waals surface area contributed by atoms with Gasteiger partial charge >= 0.3 is 0 Å². The second-order valence-corrected chi connectivity index (χ2v) is 6.61. The van der Waals surface area contributed by atoms with E-state index < -0.39 is 0 Å². The number of unbranched alkanes of at least 4 members (excludes halogenated alkanes) is 1. The summed E-state index contributed by atoms with van der Waals surface area (Å²) in [7, 11) is 0. The van der Waals surface area contributed by atoms with Crippen molar-refractivity contribution in [3.8, 4) is 0 Å². The average Bonchev–Trinajstić information content (AvgIpc) is 3.09. The first-order valence-electron chi connectivity index (χ1n) is 9.04. The van der Waals surface area contributed by atoms with Gasteiger partial charge < -0.3 is 11.1 Å². The molecule has 1 aliphatic rings. The second kappa shape index (κ2) is 8.47. The number of benzene rings is 2. The standard InChI is InChI=1S/C20H24N4O2/c21-20(23-18-10-9-16-5-3-6-17(16)14-18)22-13-2-1-4-15-7-11-19(12-8-15)24(25)26/h7-12,14H,1-6,13H2,(H3,21,22,23). The van der Waals surface area contributed by atoms with Gasteiger partial charge in [0.1, 0.15) is 0 Å². The third-order valence-electron chi connectivity index (χ3n) is 4.67. The summed E-state index contributed by atoms with van der Waals surface area (Å²) < 4.78 is 0. The van der Waals surface area contributed by atoms with Gasteiger partial charge in [-0.05, 0) is 67.3 Å². The van der Waals surface area contributed by atoms with E-state index in [1.54, 1.807) is 12.1 Å². The fraction of sp³-hybridized carbons (Fsp3) is 0.350. The van der Waals surface area contributed by atoms with Gasteiger partial charge in [-0.1, -0.05) is 18.2 Å². The smallest absolute Gasteiger partial charge is 0.269 e. The summed E-state index contributed by atoms with van der Waals surface area (Å²) in [6.45, 7) is 0.663. The number of nitro benzene ring substituents is 1. The van der Waals surface area contributed by atoms with E-state index in [1.165, 1.54) is 24.0 Å². The number of hydrogen-bond donors (Lipinski definition) is 2. The van der Waals surface area contributed by atoms with Crippen LogP contribution in [0.1, 0.15) is 36.0 Å². The topological polar surface area (TPSA) is 93.5 Å². The summed E-state index contributed by atoms with van der Waals surface area (Å²) in [5, 5.41) is 13.8. The van der Waals surface area contributed by atoms with Gasteiger partial charge in [0.2, 0.25) is 0 Å². The summed E-state index contributed by atoms with van der Waals surface area (Å²) >= 11 is 0. The number of nitrogens with two attached hydrogens (primary N) is 1. The number of fused-ring (bicyclic) bond motifs is 1. The summed E-state index contributed by atoms with van der Waals surface area (Å²) in [5.74, 6) is 0.443. The van der Waals surface area contributed by atoms with Gasteiger partial charge in [0.15, 0.2) is 5.96 Å². The van der Waals surface area contributed by atoms with Crippen LogP contribution in [0, 0.1) is 10.1 Å². The number of nitro groups is 1. The Bertz CT molecular complexity index is 800. The van der Waals surface area contributed by atoms with Crippen LogP contribution in [0.15, 0.2) is 47.5 Å². The van der Waals surface area contributed by atoms with Crippen LogP contribution in [0.25, 0.3) is 0 Å². The van der Waals surface area contributed by atoms with E-state index >= 15 is 0 Å². The molecule has 26 heavy (non-hydrogen) atoms. The molecule has 0 amide bonds. The molecular formula is C20H24N4O2. The highest BCUT2D eigenvalue weighted by atomic mass is 16.6. The maximum atomic E-state index is 10.6. The zero-order chi connectivity index (χ0) is 18.4. The zero-order valence-corrected chi connectivity index (χ0v) is 14.8. The lowest BCUT2D eigenvalue weighted by atomic mass is 10.1. The molecule has 0 atom stereocenters. The molecule has 2 aromatic rings. The van der Waals surface area contributed by atoms with Crippen molar-refractivity contribution in [2.45, 2.75) is 38.5 Å². The molecule has 6 heteroatoms. The van der Waals surface area contributed by atoms with Crippen LogP contribution in [-0.4, -0.2) is 17.4 Å². The van der Waals surface area contributed by atoms with Crippen LogP contribution in [-0.2, 0) is 19.3 Å². The van der Waals surface area contributed by atoms with Crippen molar-refractivity contribution in [1.29, 1.82) is 0 Å². The number of non-ortho nitro benzene ring substituents is 1. The third-order valence-corrected chi connectivity index (χ3v) is 4.67. The number of nitrogens with zero attached hydrogens (tertiary/aromatic N) is 2. The largest absolute Gasteiger partial charge is 0.370 e. The fourth-order valence-corrected chi connectivity index (χ4v) is 3.26. The van der Waals surface area contributed by atoms with E-state index in [0.29, 0.717) is 12.5 Å². The van der Waals surface area contributed by atoms with Crippen molar-refractivity contribution in [2.75, 3.05) is 11.9 Å². The van der Waals surface area contributed by atoms with Crippen molar-refractivity contribution in [3.63, 3.8) is 0 Å². The molecular weight excluding hydrogens is 328 g/mol. The summed E-state index contributed by atoms with van der Waals surface area (Å²) in [6, 6.07) is 13.1. The molecule has 6 nitrogen and oxygen atoms in total. The van der Waals surface area contributed by atoms with Crippen molar-refractivity contribution in [3.05, 3.63) is 69.3 Å². The average molecular weight is 352 g/mol. The number of aliphatic imine (C=N–C) groups is 1. The van der Waals surface area contributed by atoms with Gasteiger partial charge in [-0.25, -0.2) is 0 Å². The normalized spacial score (nSPS) is 13.5. The first kappa shape index (κ1) is 17.9. The Labute approximate surface area is 153 Å². The highest BCUT2D eigenvalue weighted by Crippen LogP contribution is 2.24. The molecule has 0 spiro atoms. The molecule has 0 heterocycles. The highest BCUT2D eigenvalue weighted by molar-refractivity contribution is 5.92. The molecule has 1 aliphatic carbocycles. The summed E-state index contributed by atoms with van der Waals surface area (Å²) in [5.41, 5.74) is 11.0. The van der Waals surface area contributed by atoms with Gasteiger partial charge in [0.25, 0.3) is 5.69 Å². The minimum absolute atomic E-state index is 0.128. The molecule has 136 valence electrons. The first-order valence-corrected chi connectivity index (χ1v) is 9.04. The predicted octanol–water partition coefficient (Wildman–Crippen LogP) is 3.83. The van der Waals surface area contributed by atoms with E-state index in [9.17, 15) is 10.1 Å². The molecule has 0 bridgehead atoms. The molecule has 0 aliphatic heterocycles. The first-order chi connectivity index (χ1) is 12.6. The maximum Gasteiger partial charge on any atom is 0.269 e. The van der Waals surface area contributed by atoms with Gasteiger partial charge in [0.05, 0.1) is 4.92 Å². The SMILES string of the molecule is NC(=NCCCCc1ccc([N+](=O)[O-])cc1)Nc1ccc2c(c1)CCC2. The van der Waals surface area contributed by atoms with Crippen molar-refractivity contribution < 1.29 is 4.92 Å². The molecule has 3 N–H and O–H groups in total. The molecule has 0 saturated heterocycles. The minimum Gasteiger partial charge on any atom is -0.370 e. The van der Waals surface area contributed by atoms with Crippen LogP contribution >= 0.6 is 0 Å². The summed E-state index contributed by atoms with van der Waals surface area (Å²) in [6.07, 6.45) is 6.32. The number of aryl methyl sites for hydroxylation is 3. The van der Waals surface area contributed by atoms with E-state index in [-0.39, 0.29) is 10.6 Å². The Morgan fingerprint density at radius 1 is 1.12 bits per heavy atom. The Hall–Kier alpha value is -2.89. The lowest BCUT2D eigenvalue weighted by Gasteiger charge is -2.08. The van der Waals surface area contributed by atoms with E-state index in [1.807, 2.05) is 12.1 Å². The van der Waals surface area contributed by atoms with Crippen LogP contribution in [0.2, 0.25) is 0 Å². The maximum absolute atomic E-state index is 10.6. The van der Waals surface area contributed by atoms with E-state index in [4.69, 9.17) is 5.73 Å². The molecule has 2 aromatic carbocycles. The highest BCUT2D eigenvalue weighted by Gasteiger charge is 2.10. The van der Waals surface area contributed by atoms with Gasteiger partial charge in [0, 0.05) is 24.4 Å². The zero-order valence-electron chi connectivity index (χ0n) is 14.8. The lowest BCUT2D eigenvalue weighted by Crippen LogP contribution is -2.23. The Morgan fingerprint density at radius 2 is 1.88 bits per heavy atom. The number of guanidine groups is 1. The van der Waals surface area contributed by atoms with Gasteiger partial charge in [-0.2, -0.15) is 0 Å². The molecule has 0 radical (unpaired) electrons. The number of anilines is 1. The number of hydrogen-bond acceptors (Lipinski definition) is 3. The van der Waals surface area contributed by atoms with Crippen molar-refractivity contribution in [2.24, 2.45) is 10.7 Å². The second-order valence-electron chi connectivity index (χ2n) is 6.61. The predicted molar refractivity (Wildman–Crippen MR) is 105 cm³/mol. The number of rotatable bonds is 7. The number of nitrogens with one attached hydrogen (secondary N) is 1.